The Hall–Kier alpha value is -2.09. The standard InChI is InChI=1S/C19H23N2/c1-15-18(14-20(2)3)17-10-6-7-11-19(17)21(15)13-12-16-8-4-5-9-16/h4-11,14,16H,12-13H2,1-3H3/q+1. The molecule has 0 radical (unpaired) electrons. The summed E-state index contributed by atoms with van der Waals surface area (Å²) in [5.41, 5.74) is 4.04. The van der Waals surface area contributed by atoms with Crippen LogP contribution in [0.15, 0.2) is 48.6 Å². The van der Waals surface area contributed by atoms with E-state index in [0.717, 1.165) is 13.0 Å². The highest BCUT2D eigenvalue weighted by Gasteiger charge is 2.15. The number of fused-ring (bicyclic) bond motifs is 1. The van der Waals surface area contributed by atoms with Crippen molar-refractivity contribution in [2.24, 2.45) is 5.92 Å². The number of benzene rings is 1. The first-order chi connectivity index (χ1) is 10.2. The summed E-state index contributed by atoms with van der Waals surface area (Å²) in [6.45, 7) is 3.29. The van der Waals surface area contributed by atoms with Gasteiger partial charge < -0.3 is 4.57 Å². The molecule has 3 rings (SSSR count). The fraction of sp³-hybridized carbons (Fsp3) is 0.316. The molecule has 21 heavy (non-hydrogen) atoms. The van der Waals surface area contributed by atoms with Crippen LogP contribution >= 0.6 is 0 Å². The lowest BCUT2D eigenvalue weighted by atomic mass is 10.1. The number of aromatic nitrogens is 1. The topological polar surface area (TPSA) is 7.94 Å². The summed E-state index contributed by atoms with van der Waals surface area (Å²) in [5.74, 6) is 0.590. The van der Waals surface area contributed by atoms with E-state index in [1.165, 1.54) is 22.2 Å². The first-order valence-electron chi connectivity index (χ1n) is 7.61. The molecule has 1 aromatic carbocycles. The minimum atomic E-state index is 0.590. The third-order valence-corrected chi connectivity index (χ3v) is 4.18. The Morgan fingerprint density at radius 2 is 1.86 bits per heavy atom. The second kappa shape index (κ2) is 5.72. The number of rotatable bonds is 4. The predicted octanol–water partition coefficient (Wildman–Crippen LogP) is 3.77. The van der Waals surface area contributed by atoms with Gasteiger partial charge in [0.25, 0.3) is 0 Å². The third-order valence-electron chi connectivity index (χ3n) is 4.18. The molecule has 2 heteroatoms. The van der Waals surface area contributed by atoms with Gasteiger partial charge >= 0.3 is 0 Å². The largest absolute Gasteiger partial charge is 0.344 e. The minimum Gasteiger partial charge on any atom is -0.344 e. The molecule has 1 aromatic heterocycles. The number of hydrogen-bond acceptors (Lipinski definition) is 0. The van der Waals surface area contributed by atoms with Crippen LogP contribution in [-0.4, -0.2) is 29.5 Å². The summed E-state index contributed by atoms with van der Waals surface area (Å²) in [6.07, 6.45) is 12.3. The summed E-state index contributed by atoms with van der Waals surface area (Å²) in [5, 5.41) is 1.35. The molecule has 0 saturated carbocycles. The minimum absolute atomic E-state index is 0.590. The third kappa shape index (κ3) is 2.71. The molecule has 0 spiro atoms. The van der Waals surface area contributed by atoms with Crippen LogP contribution in [0.4, 0.5) is 0 Å². The predicted molar refractivity (Wildman–Crippen MR) is 90.3 cm³/mol. The van der Waals surface area contributed by atoms with Crippen LogP contribution in [0.2, 0.25) is 0 Å². The Balaban J connectivity index is 2.01. The van der Waals surface area contributed by atoms with Gasteiger partial charge in [0.2, 0.25) is 0 Å². The molecular formula is C19H23N2+. The average molecular weight is 279 g/mol. The van der Waals surface area contributed by atoms with Crippen molar-refractivity contribution in [3.63, 3.8) is 0 Å². The second-order valence-electron chi connectivity index (χ2n) is 5.98. The fourth-order valence-electron chi connectivity index (χ4n) is 3.12. The Kier molecular flexibility index (Phi) is 3.78. The van der Waals surface area contributed by atoms with E-state index in [-0.39, 0.29) is 0 Å². The van der Waals surface area contributed by atoms with Crippen LogP contribution in [0.1, 0.15) is 17.7 Å². The van der Waals surface area contributed by atoms with Crippen molar-refractivity contribution >= 4 is 17.1 Å². The molecule has 2 aromatic rings. The van der Waals surface area contributed by atoms with Gasteiger partial charge in [-0.3, -0.25) is 0 Å². The molecule has 0 fully saturated rings. The molecule has 0 atom stereocenters. The molecule has 1 aliphatic rings. The smallest absolute Gasteiger partial charge is 0.172 e. The summed E-state index contributed by atoms with van der Waals surface area (Å²) < 4.78 is 4.59. The number of allylic oxidation sites excluding steroid dienone is 4. The van der Waals surface area contributed by atoms with Crippen LogP contribution < -0.4 is 0 Å². The highest BCUT2D eigenvalue weighted by Crippen LogP contribution is 2.26. The zero-order chi connectivity index (χ0) is 14.8. The first-order valence-corrected chi connectivity index (χ1v) is 7.61. The molecule has 2 nitrogen and oxygen atoms in total. The first kappa shape index (κ1) is 13.9. The molecule has 0 aliphatic heterocycles. The van der Waals surface area contributed by atoms with Gasteiger partial charge in [-0.2, -0.15) is 0 Å². The SMILES string of the molecule is Cc1c(C=[N+](C)C)c2ccccc2n1CCC1C=CC=C1. The van der Waals surface area contributed by atoms with Gasteiger partial charge in [-0.1, -0.05) is 42.5 Å². The number of nitrogens with zero attached hydrogens (tertiary/aromatic N) is 2. The Morgan fingerprint density at radius 3 is 2.57 bits per heavy atom. The summed E-state index contributed by atoms with van der Waals surface area (Å²) >= 11 is 0. The van der Waals surface area contributed by atoms with Crippen molar-refractivity contribution in [3.05, 3.63) is 59.8 Å². The van der Waals surface area contributed by atoms with Gasteiger partial charge in [0.1, 0.15) is 14.1 Å². The normalized spacial score (nSPS) is 14.2. The Bertz CT molecular complexity index is 728. The molecular weight excluding hydrogens is 256 g/mol. The van der Waals surface area contributed by atoms with Crippen LogP contribution in [0.25, 0.3) is 10.9 Å². The molecule has 0 unspecified atom stereocenters. The molecule has 0 N–H and O–H groups in total. The summed E-state index contributed by atoms with van der Waals surface area (Å²) in [4.78, 5) is 0. The lowest BCUT2D eigenvalue weighted by Crippen LogP contribution is -2.05. The summed E-state index contributed by atoms with van der Waals surface area (Å²) in [7, 11) is 4.17. The van der Waals surface area contributed by atoms with Crippen molar-refractivity contribution in [3.8, 4) is 0 Å². The lowest BCUT2D eigenvalue weighted by Gasteiger charge is -2.10. The number of para-hydroxylation sites is 1. The maximum absolute atomic E-state index is 2.46. The highest BCUT2D eigenvalue weighted by atomic mass is 15.0. The van der Waals surface area contributed by atoms with E-state index < -0.39 is 0 Å². The van der Waals surface area contributed by atoms with E-state index in [0.29, 0.717) is 5.92 Å². The maximum atomic E-state index is 2.46. The van der Waals surface area contributed by atoms with Crippen LogP contribution in [0.3, 0.4) is 0 Å². The van der Waals surface area contributed by atoms with Crippen LogP contribution in [-0.2, 0) is 6.54 Å². The van der Waals surface area contributed by atoms with Crippen molar-refractivity contribution in [2.75, 3.05) is 14.1 Å². The van der Waals surface area contributed by atoms with Crippen LogP contribution in [0.5, 0.6) is 0 Å². The quantitative estimate of drug-likeness (QED) is 0.594. The van der Waals surface area contributed by atoms with E-state index in [4.69, 9.17) is 0 Å². The van der Waals surface area contributed by atoms with E-state index in [1.807, 2.05) is 0 Å². The zero-order valence-corrected chi connectivity index (χ0v) is 13.1. The second-order valence-corrected chi connectivity index (χ2v) is 5.98. The fourth-order valence-corrected chi connectivity index (χ4v) is 3.12. The maximum Gasteiger partial charge on any atom is 0.172 e. The van der Waals surface area contributed by atoms with Crippen molar-refractivity contribution < 1.29 is 4.58 Å². The van der Waals surface area contributed by atoms with Crippen molar-refractivity contribution in [1.82, 2.24) is 4.57 Å². The average Bonchev–Trinajstić information content (AvgIpc) is 3.06. The van der Waals surface area contributed by atoms with Gasteiger partial charge in [-0.15, -0.1) is 0 Å². The number of hydrogen-bond donors (Lipinski definition) is 0. The van der Waals surface area contributed by atoms with Gasteiger partial charge in [-0.05, 0) is 25.3 Å². The lowest BCUT2D eigenvalue weighted by molar-refractivity contribution is -0.458. The highest BCUT2D eigenvalue weighted by molar-refractivity contribution is 5.99. The van der Waals surface area contributed by atoms with Gasteiger partial charge in [-0.25, -0.2) is 4.58 Å². The summed E-state index contributed by atoms with van der Waals surface area (Å²) in [6, 6.07) is 8.72. The van der Waals surface area contributed by atoms with Gasteiger partial charge in [0, 0.05) is 23.1 Å². The van der Waals surface area contributed by atoms with Gasteiger partial charge in [0.15, 0.2) is 6.21 Å². The van der Waals surface area contributed by atoms with Gasteiger partial charge in [0.05, 0.1) is 5.56 Å². The van der Waals surface area contributed by atoms with E-state index in [9.17, 15) is 0 Å². The monoisotopic (exact) mass is 279 g/mol. The van der Waals surface area contributed by atoms with E-state index in [2.05, 4.69) is 84.9 Å². The molecule has 0 saturated heterocycles. The van der Waals surface area contributed by atoms with E-state index in [1.54, 1.807) is 0 Å². The van der Waals surface area contributed by atoms with Crippen molar-refractivity contribution in [2.45, 2.75) is 19.9 Å². The Labute approximate surface area is 126 Å². The number of aryl methyl sites for hydroxylation is 1. The molecule has 0 bridgehead atoms. The molecule has 108 valence electrons. The van der Waals surface area contributed by atoms with E-state index >= 15 is 0 Å². The zero-order valence-electron chi connectivity index (χ0n) is 13.1. The van der Waals surface area contributed by atoms with Crippen molar-refractivity contribution in [1.29, 1.82) is 0 Å². The van der Waals surface area contributed by atoms with Crippen LogP contribution in [0, 0.1) is 12.8 Å². The Morgan fingerprint density at radius 1 is 1.14 bits per heavy atom. The molecule has 1 aliphatic carbocycles. The molecule has 0 amide bonds. The molecule has 1 heterocycles.